The van der Waals surface area contributed by atoms with E-state index in [1.807, 2.05) is 36.4 Å². The standard InChI is InChI=1S/C22H23ClF2N4O2/c23-11-16-10-19-27-18(13-29(19)26-12-16)20(17-6-8-22(24,25)9-7-17)28-21(30)31-14-15-4-2-1-3-5-15/h1-5,10,12-13,17,20H,6-9,11,14H2,(H,28,30)/t20-/m0/s1. The van der Waals surface area contributed by atoms with E-state index >= 15 is 0 Å². The predicted octanol–water partition coefficient (Wildman–Crippen LogP) is 5.26. The quantitative estimate of drug-likeness (QED) is 0.522. The number of imidazole rings is 1. The summed E-state index contributed by atoms with van der Waals surface area (Å²) in [5.74, 6) is -2.54. The number of carbonyl (C=O) groups excluding carboxylic acids is 1. The Labute approximate surface area is 183 Å². The summed E-state index contributed by atoms with van der Waals surface area (Å²) in [4.78, 5) is 17.1. The number of ether oxygens (including phenoxy) is 1. The summed E-state index contributed by atoms with van der Waals surface area (Å²) in [7, 11) is 0. The molecule has 1 atom stereocenters. The van der Waals surface area contributed by atoms with Gasteiger partial charge in [-0.3, -0.25) is 0 Å². The molecule has 2 heterocycles. The van der Waals surface area contributed by atoms with Crippen LogP contribution in [0.3, 0.4) is 0 Å². The maximum atomic E-state index is 13.7. The van der Waals surface area contributed by atoms with E-state index < -0.39 is 18.1 Å². The Kier molecular flexibility index (Phi) is 6.36. The molecule has 31 heavy (non-hydrogen) atoms. The van der Waals surface area contributed by atoms with Crippen molar-refractivity contribution >= 4 is 23.3 Å². The van der Waals surface area contributed by atoms with Crippen molar-refractivity contribution in [3.63, 3.8) is 0 Å². The summed E-state index contributed by atoms with van der Waals surface area (Å²) in [6.07, 6.45) is 2.88. The second kappa shape index (κ2) is 9.18. The molecule has 1 fully saturated rings. The molecule has 0 saturated heterocycles. The molecule has 0 aliphatic heterocycles. The number of rotatable bonds is 6. The highest BCUT2D eigenvalue weighted by molar-refractivity contribution is 6.17. The number of aromatic nitrogens is 3. The Morgan fingerprint density at radius 2 is 2.00 bits per heavy atom. The zero-order chi connectivity index (χ0) is 21.8. The molecule has 0 unspecified atom stereocenters. The lowest BCUT2D eigenvalue weighted by atomic mass is 9.81. The van der Waals surface area contributed by atoms with Crippen LogP contribution in [0.4, 0.5) is 13.6 Å². The van der Waals surface area contributed by atoms with Gasteiger partial charge in [0.1, 0.15) is 6.61 Å². The van der Waals surface area contributed by atoms with Crippen LogP contribution in [0.1, 0.15) is 48.5 Å². The molecular formula is C22H23ClF2N4O2. The Hall–Kier alpha value is -2.74. The van der Waals surface area contributed by atoms with Crippen molar-refractivity contribution < 1.29 is 18.3 Å². The number of fused-ring (bicyclic) bond motifs is 1. The fourth-order valence-electron chi connectivity index (χ4n) is 3.88. The Bertz CT molecular complexity index is 1030. The van der Waals surface area contributed by atoms with Gasteiger partial charge in [-0.05, 0) is 36.0 Å². The molecule has 1 amide bonds. The van der Waals surface area contributed by atoms with Crippen molar-refractivity contribution in [1.29, 1.82) is 0 Å². The van der Waals surface area contributed by atoms with Gasteiger partial charge in [0, 0.05) is 18.7 Å². The minimum Gasteiger partial charge on any atom is -0.445 e. The van der Waals surface area contributed by atoms with Crippen LogP contribution in [0.5, 0.6) is 0 Å². The maximum absolute atomic E-state index is 13.7. The largest absolute Gasteiger partial charge is 0.445 e. The average molecular weight is 449 g/mol. The van der Waals surface area contributed by atoms with Gasteiger partial charge in [-0.1, -0.05) is 30.3 Å². The summed E-state index contributed by atoms with van der Waals surface area (Å²) >= 11 is 5.88. The van der Waals surface area contributed by atoms with Crippen LogP contribution < -0.4 is 5.32 Å². The molecule has 3 aromatic rings. The van der Waals surface area contributed by atoms with Crippen molar-refractivity contribution in [2.24, 2.45) is 5.92 Å². The third kappa shape index (κ3) is 5.31. The summed E-state index contributed by atoms with van der Waals surface area (Å²) in [6, 6.07) is 10.6. The van der Waals surface area contributed by atoms with Gasteiger partial charge in [0.05, 0.1) is 24.1 Å². The first-order chi connectivity index (χ1) is 14.9. The van der Waals surface area contributed by atoms with Crippen molar-refractivity contribution in [2.75, 3.05) is 0 Å². The second-order valence-corrected chi connectivity index (χ2v) is 8.11. The summed E-state index contributed by atoms with van der Waals surface area (Å²) in [6.45, 7) is 0.119. The molecule has 1 N–H and O–H groups in total. The number of benzene rings is 1. The zero-order valence-corrected chi connectivity index (χ0v) is 17.6. The van der Waals surface area contributed by atoms with Crippen LogP contribution in [-0.2, 0) is 17.2 Å². The minimum absolute atomic E-state index is 0.119. The zero-order valence-electron chi connectivity index (χ0n) is 16.8. The van der Waals surface area contributed by atoms with Crippen molar-refractivity contribution in [3.8, 4) is 0 Å². The number of carbonyl (C=O) groups is 1. The van der Waals surface area contributed by atoms with Gasteiger partial charge in [-0.15, -0.1) is 11.6 Å². The highest BCUT2D eigenvalue weighted by Crippen LogP contribution is 2.41. The van der Waals surface area contributed by atoms with Crippen molar-refractivity contribution in [1.82, 2.24) is 19.9 Å². The normalized spacial score (nSPS) is 17.4. The molecule has 1 aliphatic carbocycles. The highest BCUT2D eigenvalue weighted by atomic mass is 35.5. The number of halogens is 3. The molecule has 1 aliphatic rings. The topological polar surface area (TPSA) is 68.5 Å². The van der Waals surface area contributed by atoms with E-state index in [1.165, 1.54) is 0 Å². The van der Waals surface area contributed by atoms with Gasteiger partial charge in [-0.2, -0.15) is 5.10 Å². The Morgan fingerprint density at radius 1 is 1.26 bits per heavy atom. The van der Waals surface area contributed by atoms with Crippen LogP contribution in [0, 0.1) is 5.92 Å². The third-order valence-electron chi connectivity index (χ3n) is 5.59. The van der Waals surface area contributed by atoms with Crippen molar-refractivity contribution in [3.05, 3.63) is 65.6 Å². The molecule has 0 radical (unpaired) electrons. The van der Waals surface area contributed by atoms with Gasteiger partial charge >= 0.3 is 6.09 Å². The number of hydrogen-bond donors (Lipinski definition) is 1. The monoisotopic (exact) mass is 448 g/mol. The molecule has 164 valence electrons. The molecule has 0 bridgehead atoms. The molecule has 6 nitrogen and oxygen atoms in total. The van der Waals surface area contributed by atoms with Gasteiger partial charge < -0.3 is 10.1 Å². The second-order valence-electron chi connectivity index (χ2n) is 7.84. The molecule has 9 heteroatoms. The van der Waals surface area contributed by atoms with Crippen LogP contribution in [0.25, 0.3) is 5.65 Å². The van der Waals surface area contributed by atoms with Gasteiger partial charge in [0.25, 0.3) is 0 Å². The number of alkyl halides is 3. The van der Waals surface area contributed by atoms with Gasteiger partial charge in [0.15, 0.2) is 5.65 Å². The first-order valence-corrected chi connectivity index (χ1v) is 10.7. The SMILES string of the molecule is O=C(N[C@H](c1cn2ncc(CCl)cc2n1)C1CCC(F)(F)CC1)OCc1ccccc1. The van der Waals surface area contributed by atoms with E-state index in [2.05, 4.69) is 15.4 Å². The molecule has 2 aromatic heterocycles. The van der Waals surface area contributed by atoms with E-state index in [9.17, 15) is 13.6 Å². The molecular weight excluding hydrogens is 426 g/mol. The Morgan fingerprint density at radius 3 is 2.71 bits per heavy atom. The molecule has 4 rings (SSSR count). The van der Waals surface area contributed by atoms with E-state index in [-0.39, 0.29) is 38.2 Å². The fourth-order valence-corrected chi connectivity index (χ4v) is 4.02. The first kappa shape index (κ1) is 21.5. The van der Waals surface area contributed by atoms with E-state index in [0.29, 0.717) is 17.2 Å². The van der Waals surface area contributed by atoms with Crippen LogP contribution in [0.15, 0.2) is 48.8 Å². The summed E-state index contributed by atoms with van der Waals surface area (Å²) in [5, 5.41) is 7.14. The predicted molar refractivity (Wildman–Crippen MR) is 112 cm³/mol. The van der Waals surface area contributed by atoms with E-state index in [1.54, 1.807) is 16.9 Å². The maximum Gasteiger partial charge on any atom is 0.408 e. The number of hydrogen-bond acceptors (Lipinski definition) is 4. The number of nitrogens with one attached hydrogen (secondary N) is 1. The number of amides is 1. The van der Waals surface area contributed by atoms with Crippen LogP contribution >= 0.6 is 11.6 Å². The first-order valence-electron chi connectivity index (χ1n) is 10.2. The average Bonchev–Trinajstić information content (AvgIpc) is 3.20. The fraction of sp³-hybridized carbons (Fsp3) is 0.409. The van der Waals surface area contributed by atoms with Crippen LogP contribution in [-0.4, -0.2) is 26.6 Å². The minimum atomic E-state index is -2.66. The molecule has 0 spiro atoms. The lowest BCUT2D eigenvalue weighted by Crippen LogP contribution is -2.37. The lowest BCUT2D eigenvalue weighted by molar-refractivity contribution is -0.0497. The van der Waals surface area contributed by atoms with E-state index in [0.717, 1.165) is 11.1 Å². The summed E-state index contributed by atoms with van der Waals surface area (Å²) < 4.78 is 34.4. The van der Waals surface area contributed by atoms with E-state index in [4.69, 9.17) is 16.3 Å². The third-order valence-corrected chi connectivity index (χ3v) is 5.90. The van der Waals surface area contributed by atoms with Crippen LogP contribution in [0.2, 0.25) is 0 Å². The Balaban J connectivity index is 1.53. The van der Waals surface area contributed by atoms with Gasteiger partial charge in [-0.25, -0.2) is 23.1 Å². The molecule has 1 saturated carbocycles. The summed E-state index contributed by atoms with van der Waals surface area (Å²) in [5.41, 5.74) is 2.82. The number of nitrogens with zero attached hydrogens (tertiary/aromatic N) is 3. The molecule has 1 aromatic carbocycles. The van der Waals surface area contributed by atoms with Crippen molar-refractivity contribution in [2.45, 2.75) is 50.1 Å². The smallest absolute Gasteiger partial charge is 0.408 e. The highest BCUT2D eigenvalue weighted by Gasteiger charge is 2.39. The van der Waals surface area contributed by atoms with Gasteiger partial charge in [0.2, 0.25) is 5.92 Å². The number of alkyl carbamates (subject to hydrolysis) is 1. The lowest BCUT2D eigenvalue weighted by Gasteiger charge is -2.33.